The van der Waals surface area contributed by atoms with Crippen LogP contribution in [0.1, 0.15) is 5.56 Å². The van der Waals surface area contributed by atoms with E-state index in [1.807, 2.05) is 25.2 Å². The molecule has 2 heteroatoms. The zero-order chi connectivity index (χ0) is 9.68. The maximum absolute atomic E-state index is 5.39. The van der Waals surface area contributed by atoms with E-state index in [1.165, 1.54) is 5.56 Å². The topological polar surface area (TPSA) is 21.3 Å². The first-order valence-electron chi connectivity index (χ1n) is 4.30. The van der Waals surface area contributed by atoms with Crippen LogP contribution >= 0.6 is 0 Å². The lowest BCUT2D eigenvalue weighted by molar-refractivity contribution is 0.363. The molecule has 1 aromatic carbocycles. The van der Waals surface area contributed by atoms with Crippen molar-refractivity contribution in [2.24, 2.45) is 0 Å². The van der Waals surface area contributed by atoms with E-state index in [2.05, 4.69) is 18.8 Å². The summed E-state index contributed by atoms with van der Waals surface area (Å²) < 4.78 is 5.39. The van der Waals surface area contributed by atoms with Crippen LogP contribution in [0.2, 0.25) is 0 Å². The molecule has 0 bridgehead atoms. The first kappa shape index (κ1) is 9.65. The van der Waals surface area contributed by atoms with Crippen LogP contribution in [-0.2, 0) is 0 Å². The second-order valence-electron chi connectivity index (χ2n) is 2.83. The lowest BCUT2D eigenvalue weighted by Gasteiger charge is -2.08. The zero-order valence-electron chi connectivity index (χ0n) is 8.13. The van der Waals surface area contributed by atoms with E-state index in [1.54, 1.807) is 6.08 Å². The molecule has 2 nitrogen and oxygen atoms in total. The fraction of sp³-hybridized carbons (Fsp3) is 0.273. The van der Waals surface area contributed by atoms with E-state index < -0.39 is 0 Å². The molecule has 0 aliphatic heterocycles. The van der Waals surface area contributed by atoms with Gasteiger partial charge in [-0.3, -0.25) is 0 Å². The van der Waals surface area contributed by atoms with Crippen molar-refractivity contribution in [3.63, 3.8) is 0 Å². The summed E-state index contributed by atoms with van der Waals surface area (Å²) in [6, 6.07) is 5.97. The van der Waals surface area contributed by atoms with Gasteiger partial charge in [-0.2, -0.15) is 0 Å². The van der Waals surface area contributed by atoms with E-state index in [4.69, 9.17) is 4.74 Å². The molecule has 0 radical (unpaired) electrons. The van der Waals surface area contributed by atoms with Crippen LogP contribution in [0, 0.1) is 6.92 Å². The number of ether oxygens (including phenoxy) is 1. The highest BCUT2D eigenvalue weighted by molar-refractivity contribution is 5.54. The number of rotatable bonds is 4. The average molecular weight is 177 g/mol. The fourth-order valence-corrected chi connectivity index (χ4v) is 1.12. The predicted molar refractivity (Wildman–Crippen MR) is 56.4 cm³/mol. The maximum atomic E-state index is 5.39. The monoisotopic (exact) mass is 177 g/mol. The van der Waals surface area contributed by atoms with Gasteiger partial charge in [0.05, 0.1) is 0 Å². The van der Waals surface area contributed by atoms with E-state index in [9.17, 15) is 0 Å². The molecule has 13 heavy (non-hydrogen) atoms. The van der Waals surface area contributed by atoms with E-state index in [-0.39, 0.29) is 0 Å². The van der Waals surface area contributed by atoms with Gasteiger partial charge in [0.15, 0.2) is 0 Å². The molecule has 0 aliphatic rings. The summed E-state index contributed by atoms with van der Waals surface area (Å²) in [6.45, 7) is 6.20. The number of hydrogen-bond acceptors (Lipinski definition) is 2. The largest absolute Gasteiger partial charge is 0.489 e. The first-order valence-corrected chi connectivity index (χ1v) is 4.30. The molecule has 0 amide bonds. The highest BCUT2D eigenvalue weighted by Gasteiger charge is 1.97. The Hall–Kier alpha value is -1.44. The van der Waals surface area contributed by atoms with Gasteiger partial charge in [0.2, 0.25) is 0 Å². The van der Waals surface area contributed by atoms with Crippen LogP contribution in [0.15, 0.2) is 30.9 Å². The van der Waals surface area contributed by atoms with Crippen LogP contribution < -0.4 is 10.1 Å². The molecule has 0 atom stereocenters. The molecule has 0 fully saturated rings. The molecule has 1 N–H and O–H groups in total. The number of anilines is 1. The lowest BCUT2D eigenvalue weighted by atomic mass is 10.2. The third kappa shape index (κ3) is 2.51. The summed E-state index contributed by atoms with van der Waals surface area (Å²) in [5.41, 5.74) is 2.31. The van der Waals surface area contributed by atoms with Gasteiger partial charge in [-0.15, -0.1) is 0 Å². The van der Waals surface area contributed by atoms with Crippen LogP contribution in [0.3, 0.4) is 0 Å². The quantitative estimate of drug-likeness (QED) is 0.714. The molecule has 1 rings (SSSR count). The van der Waals surface area contributed by atoms with Crippen LogP contribution in [0.4, 0.5) is 5.69 Å². The third-order valence-electron chi connectivity index (χ3n) is 1.85. The molecule has 1 aromatic rings. The Labute approximate surface area is 79.2 Å². The maximum Gasteiger partial charge on any atom is 0.121 e. The van der Waals surface area contributed by atoms with Crippen molar-refractivity contribution in [2.45, 2.75) is 6.92 Å². The number of benzene rings is 1. The van der Waals surface area contributed by atoms with Crippen LogP contribution in [0.5, 0.6) is 5.75 Å². The summed E-state index contributed by atoms with van der Waals surface area (Å²) >= 11 is 0. The standard InChI is InChI=1S/C11H15NO/c1-4-7-13-10-6-5-9(2)11(8-10)12-3/h4-6,8,12H,1,7H2,2-3H3. The molecule has 0 unspecified atom stereocenters. The number of aryl methyl sites for hydroxylation is 1. The van der Waals surface area contributed by atoms with Gasteiger partial charge in [-0.25, -0.2) is 0 Å². The molecule has 0 spiro atoms. The van der Waals surface area contributed by atoms with Crippen molar-refractivity contribution in [3.05, 3.63) is 36.4 Å². The smallest absolute Gasteiger partial charge is 0.121 e. The Morgan fingerprint density at radius 2 is 2.31 bits per heavy atom. The Bertz CT molecular complexity index is 294. The van der Waals surface area contributed by atoms with Crippen molar-refractivity contribution in [3.8, 4) is 5.75 Å². The minimum Gasteiger partial charge on any atom is -0.489 e. The number of hydrogen-bond donors (Lipinski definition) is 1. The highest BCUT2D eigenvalue weighted by atomic mass is 16.5. The summed E-state index contributed by atoms with van der Waals surface area (Å²) in [5.74, 6) is 0.870. The van der Waals surface area contributed by atoms with Crippen LogP contribution in [0.25, 0.3) is 0 Å². The number of nitrogens with one attached hydrogen (secondary N) is 1. The minimum atomic E-state index is 0.548. The van der Waals surface area contributed by atoms with Gasteiger partial charge in [-0.1, -0.05) is 18.7 Å². The summed E-state index contributed by atoms with van der Waals surface area (Å²) in [4.78, 5) is 0. The van der Waals surface area contributed by atoms with E-state index >= 15 is 0 Å². The van der Waals surface area contributed by atoms with Crippen LogP contribution in [-0.4, -0.2) is 13.7 Å². The van der Waals surface area contributed by atoms with Crippen molar-refractivity contribution < 1.29 is 4.74 Å². The molecule has 0 aliphatic carbocycles. The van der Waals surface area contributed by atoms with Gasteiger partial charge in [0.25, 0.3) is 0 Å². The van der Waals surface area contributed by atoms with Crippen molar-refractivity contribution >= 4 is 5.69 Å². The van der Waals surface area contributed by atoms with E-state index in [0.717, 1.165) is 11.4 Å². The second-order valence-corrected chi connectivity index (χ2v) is 2.83. The Balaban J connectivity index is 2.79. The van der Waals surface area contributed by atoms with Gasteiger partial charge in [-0.05, 0) is 18.6 Å². The van der Waals surface area contributed by atoms with Crippen molar-refractivity contribution in [1.29, 1.82) is 0 Å². The molecular formula is C11H15NO. The summed E-state index contributed by atoms with van der Waals surface area (Å²) in [7, 11) is 1.90. The SMILES string of the molecule is C=CCOc1ccc(C)c(NC)c1. The first-order chi connectivity index (χ1) is 6.27. The molecular weight excluding hydrogens is 162 g/mol. The Morgan fingerprint density at radius 3 is 2.92 bits per heavy atom. The molecule has 0 saturated carbocycles. The van der Waals surface area contributed by atoms with Crippen molar-refractivity contribution in [1.82, 2.24) is 0 Å². The second kappa shape index (κ2) is 4.55. The van der Waals surface area contributed by atoms with E-state index in [0.29, 0.717) is 6.61 Å². The minimum absolute atomic E-state index is 0.548. The molecule has 0 heterocycles. The molecule has 0 saturated heterocycles. The van der Waals surface area contributed by atoms with Crippen molar-refractivity contribution in [2.75, 3.05) is 19.0 Å². The average Bonchev–Trinajstić information content (AvgIpc) is 2.16. The Kier molecular flexibility index (Phi) is 3.38. The Morgan fingerprint density at radius 1 is 1.54 bits per heavy atom. The summed E-state index contributed by atoms with van der Waals surface area (Å²) in [5, 5.41) is 3.11. The lowest BCUT2D eigenvalue weighted by Crippen LogP contribution is -1.96. The summed E-state index contributed by atoms with van der Waals surface area (Å²) in [6.07, 6.45) is 1.74. The van der Waals surface area contributed by atoms with Gasteiger partial charge < -0.3 is 10.1 Å². The fourth-order valence-electron chi connectivity index (χ4n) is 1.12. The zero-order valence-corrected chi connectivity index (χ0v) is 8.13. The predicted octanol–water partition coefficient (Wildman–Crippen LogP) is 2.60. The highest BCUT2D eigenvalue weighted by Crippen LogP contribution is 2.21. The van der Waals surface area contributed by atoms with Gasteiger partial charge in [0, 0.05) is 18.8 Å². The van der Waals surface area contributed by atoms with Gasteiger partial charge >= 0.3 is 0 Å². The molecule has 70 valence electrons. The van der Waals surface area contributed by atoms with Gasteiger partial charge in [0.1, 0.15) is 12.4 Å². The molecule has 0 aromatic heterocycles. The third-order valence-corrected chi connectivity index (χ3v) is 1.85. The normalized spacial score (nSPS) is 9.38.